The zero-order chi connectivity index (χ0) is 23.8. The van der Waals surface area contributed by atoms with Crippen LogP contribution in [0.15, 0.2) is 77.8 Å². The lowest BCUT2D eigenvalue weighted by atomic mass is 10.0. The highest BCUT2D eigenvalue weighted by atomic mass is 32.2. The number of hydrogen-bond acceptors (Lipinski definition) is 5. The molecule has 3 rings (SSSR count). The molecular weight excluding hydrogens is 439 g/mol. The van der Waals surface area contributed by atoms with E-state index in [0.717, 1.165) is 22.7 Å². The van der Waals surface area contributed by atoms with Crippen LogP contribution < -0.4 is 15.4 Å². The molecule has 1 heterocycles. The number of pyridine rings is 1. The van der Waals surface area contributed by atoms with Crippen molar-refractivity contribution in [3.05, 3.63) is 90.0 Å². The van der Waals surface area contributed by atoms with Crippen molar-refractivity contribution in [2.75, 3.05) is 5.32 Å². The molecule has 0 fully saturated rings. The SMILES string of the molecule is CC(C)(C)NSc1ccc(NC(=O)C(Cc2ccccc2)NC(=O)c2ccc(F)cn2)cc1. The van der Waals surface area contributed by atoms with Crippen LogP contribution in [0.2, 0.25) is 0 Å². The molecule has 0 bridgehead atoms. The number of carbonyl (C=O) groups is 2. The van der Waals surface area contributed by atoms with E-state index < -0.39 is 17.8 Å². The maximum absolute atomic E-state index is 13.1. The molecule has 0 spiro atoms. The van der Waals surface area contributed by atoms with Gasteiger partial charge in [-0.2, -0.15) is 0 Å². The Bertz CT molecular complexity index is 1070. The van der Waals surface area contributed by atoms with Gasteiger partial charge >= 0.3 is 0 Å². The molecule has 1 unspecified atom stereocenters. The lowest BCUT2D eigenvalue weighted by Gasteiger charge is -2.20. The minimum atomic E-state index is -0.844. The van der Waals surface area contributed by atoms with Crippen molar-refractivity contribution < 1.29 is 14.0 Å². The Labute approximate surface area is 197 Å². The Morgan fingerprint density at radius 1 is 1.00 bits per heavy atom. The van der Waals surface area contributed by atoms with Gasteiger partial charge in [0.05, 0.1) is 6.20 Å². The molecule has 0 aliphatic rings. The number of aromatic nitrogens is 1. The highest BCUT2D eigenvalue weighted by Gasteiger charge is 2.23. The number of rotatable bonds is 8. The van der Waals surface area contributed by atoms with E-state index in [4.69, 9.17) is 0 Å². The van der Waals surface area contributed by atoms with Gasteiger partial charge in [-0.05, 0) is 74.7 Å². The molecule has 2 aromatic carbocycles. The Morgan fingerprint density at radius 3 is 2.30 bits per heavy atom. The predicted molar refractivity (Wildman–Crippen MR) is 129 cm³/mol. The van der Waals surface area contributed by atoms with Crippen molar-refractivity contribution in [1.29, 1.82) is 0 Å². The van der Waals surface area contributed by atoms with Gasteiger partial charge in [0.1, 0.15) is 17.6 Å². The van der Waals surface area contributed by atoms with Crippen molar-refractivity contribution in [3.8, 4) is 0 Å². The maximum Gasteiger partial charge on any atom is 0.270 e. The van der Waals surface area contributed by atoms with E-state index in [-0.39, 0.29) is 17.1 Å². The first-order chi connectivity index (χ1) is 15.7. The summed E-state index contributed by atoms with van der Waals surface area (Å²) in [5.41, 5.74) is 1.52. The van der Waals surface area contributed by atoms with Crippen LogP contribution in [0.3, 0.4) is 0 Å². The third-order valence-electron chi connectivity index (χ3n) is 4.46. The van der Waals surface area contributed by atoms with Gasteiger partial charge in [-0.3, -0.25) is 14.3 Å². The van der Waals surface area contributed by atoms with Gasteiger partial charge in [0.15, 0.2) is 0 Å². The second kappa shape index (κ2) is 11.1. The lowest BCUT2D eigenvalue weighted by molar-refractivity contribution is -0.118. The minimum Gasteiger partial charge on any atom is -0.339 e. The van der Waals surface area contributed by atoms with Gasteiger partial charge in [0.25, 0.3) is 5.91 Å². The average molecular weight is 467 g/mol. The van der Waals surface area contributed by atoms with Crippen LogP contribution in [0.4, 0.5) is 10.1 Å². The third-order valence-corrected chi connectivity index (χ3v) is 5.68. The Kier molecular flexibility index (Phi) is 8.19. The second-order valence-corrected chi connectivity index (χ2v) is 9.42. The molecule has 6 nitrogen and oxygen atoms in total. The molecule has 0 aliphatic heterocycles. The van der Waals surface area contributed by atoms with Gasteiger partial charge in [0, 0.05) is 22.5 Å². The van der Waals surface area contributed by atoms with Crippen LogP contribution in [-0.2, 0) is 11.2 Å². The highest BCUT2D eigenvalue weighted by molar-refractivity contribution is 7.97. The number of amides is 2. The molecule has 0 radical (unpaired) electrons. The zero-order valence-electron chi connectivity index (χ0n) is 18.8. The molecule has 0 saturated heterocycles. The van der Waals surface area contributed by atoms with Gasteiger partial charge < -0.3 is 10.6 Å². The summed E-state index contributed by atoms with van der Waals surface area (Å²) in [6.45, 7) is 6.24. The number of halogens is 1. The van der Waals surface area contributed by atoms with E-state index in [1.54, 1.807) is 0 Å². The molecule has 33 heavy (non-hydrogen) atoms. The van der Waals surface area contributed by atoms with Gasteiger partial charge in [-0.1, -0.05) is 30.3 Å². The lowest BCUT2D eigenvalue weighted by Crippen LogP contribution is -2.45. The van der Waals surface area contributed by atoms with Crippen molar-refractivity contribution >= 4 is 29.4 Å². The van der Waals surface area contributed by atoms with E-state index in [1.165, 1.54) is 18.0 Å². The van der Waals surface area contributed by atoms with E-state index in [1.807, 2.05) is 54.6 Å². The number of nitrogens with zero attached hydrogens (tertiary/aromatic N) is 1. The minimum absolute atomic E-state index is 0.0280. The molecule has 3 aromatic rings. The molecule has 2 amide bonds. The fourth-order valence-corrected chi connectivity index (χ4v) is 3.55. The first-order valence-electron chi connectivity index (χ1n) is 10.5. The maximum atomic E-state index is 13.1. The molecule has 0 saturated carbocycles. The highest BCUT2D eigenvalue weighted by Crippen LogP contribution is 2.20. The van der Waals surface area contributed by atoms with Crippen LogP contribution in [0.25, 0.3) is 0 Å². The molecule has 1 atom stereocenters. The summed E-state index contributed by atoms with van der Waals surface area (Å²) in [6, 6.07) is 18.4. The van der Waals surface area contributed by atoms with Crippen LogP contribution in [-0.4, -0.2) is 28.4 Å². The summed E-state index contributed by atoms with van der Waals surface area (Å²) in [5, 5.41) is 5.58. The topological polar surface area (TPSA) is 83.1 Å². The van der Waals surface area contributed by atoms with Gasteiger partial charge in [-0.15, -0.1) is 0 Å². The number of hydrogen-bond donors (Lipinski definition) is 3. The fourth-order valence-electron chi connectivity index (χ4n) is 2.85. The average Bonchev–Trinajstić information content (AvgIpc) is 2.78. The van der Waals surface area contributed by atoms with E-state index in [0.29, 0.717) is 12.1 Å². The van der Waals surface area contributed by atoms with E-state index >= 15 is 0 Å². The largest absolute Gasteiger partial charge is 0.339 e. The summed E-state index contributed by atoms with van der Waals surface area (Å²) in [7, 11) is 0. The molecule has 3 N–H and O–H groups in total. The smallest absolute Gasteiger partial charge is 0.270 e. The van der Waals surface area contributed by atoms with Crippen molar-refractivity contribution in [2.24, 2.45) is 0 Å². The van der Waals surface area contributed by atoms with Crippen molar-refractivity contribution in [3.63, 3.8) is 0 Å². The summed E-state index contributed by atoms with van der Waals surface area (Å²) in [6.07, 6.45) is 1.26. The number of carbonyl (C=O) groups excluding carboxylic acids is 2. The molecule has 8 heteroatoms. The Balaban J connectivity index is 1.70. The Hall–Kier alpha value is -3.23. The zero-order valence-corrected chi connectivity index (χ0v) is 19.6. The summed E-state index contributed by atoms with van der Waals surface area (Å²) < 4.78 is 16.5. The summed E-state index contributed by atoms with van der Waals surface area (Å²) >= 11 is 1.52. The van der Waals surface area contributed by atoms with E-state index in [2.05, 4.69) is 41.1 Å². The van der Waals surface area contributed by atoms with Gasteiger partial charge in [-0.25, -0.2) is 9.37 Å². The third kappa shape index (κ3) is 8.00. The first-order valence-corrected chi connectivity index (χ1v) is 11.3. The molecule has 0 aliphatic carbocycles. The summed E-state index contributed by atoms with van der Waals surface area (Å²) in [5.74, 6) is -1.45. The summed E-state index contributed by atoms with van der Waals surface area (Å²) in [4.78, 5) is 30.5. The van der Waals surface area contributed by atoms with Crippen molar-refractivity contribution in [2.45, 2.75) is 43.7 Å². The Morgan fingerprint density at radius 2 is 1.70 bits per heavy atom. The standard InChI is InChI=1S/C25H27FN4O2S/c1-25(2,3)30-33-20-12-10-19(11-13-20)28-24(32)22(15-17-7-5-4-6-8-17)29-23(31)21-14-9-18(26)16-27-21/h4-14,16,22,30H,15H2,1-3H3,(H,28,32)(H,29,31). The van der Waals surface area contributed by atoms with Crippen molar-refractivity contribution in [1.82, 2.24) is 15.0 Å². The number of benzene rings is 2. The molecule has 1 aromatic heterocycles. The van der Waals surface area contributed by atoms with Crippen LogP contribution in [0.1, 0.15) is 36.8 Å². The molecular formula is C25H27FN4O2S. The first kappa shape index (κ1) is 24.4. The predicted octanol–water partition coefficient (Wildman–Crippen LogP) is 4.60. The number of nitrogens with one attached hydrogen (secondary N) is 3. The van der Waals surface area contributed by atoms with E-state index in [9.17, 15) is 14.0 Å². The monoisotopic (exact) mass is 466 g/mol. The fraction of sp³-hybridized carbons (Fsp3) is 0.240. The number of anilines is 1. The molecule has 172 valence electrons. The quantitative estimate of drug-likeness (QED) is 0.423. The second-order valence-electron chi connectivity index (χ2n) is 8.55. The normalized spacial score (nSPS) is 12.1. The van der Waals surface area contributed by atoms with Crippen LogP contribution in [0.5, 0.6) is 0 Å². The van der Waals surface area contributed by atoms with Crippen LogP contribution >= 0.6 is 11.9 Å². The van der Waals surface area contributed by atoms with Crippen LogP contribution in [0, 0.1) is 5.82 Å². The van der Waals surface area contributed by atoms with Gasteiger partial charge in [0.2, 0.25) is 5.91 Å².